The van der Waals surface area contributed by atoms with Crippen molar-refractivity contribution in [1.29, 1.82) is 0 Å². The summed E-state index contributed by atoms with van der Waals surface area (Å²) in [4.78, 5) is 0. The van der Waals surface area contributed by atoms with E-state index in [0.29, 0.717) is 6.04 Å². The van der Waals surface area contributed by atoms with Crippen LogP contribution in [-0.2, 0) is 33.9 Å². The molecule has 0 aliphatic rings. The Kier molecular flexibility index (Phi) is 8.84. The van der Waals surface area contributed by atoms with E-state index in [4.69, 9.17) is 0 Å². The zero-order valence-electron chi connectivity index (χ0n) is 14.9. The molecule has 0 bridgehead atoms. The summed E-state index contributed by atoms with van der Waals surface area (Å²) < 4.78 is 2.07. The molecule has 0 unspecified atom stereocenters. The summed E-state index contributed by atoms with van der Waals surface area (Å²) in [5.41, 5.74) is 5.69. The topological polar surface area (TPSA) is 17.8 Å². The van der Waals surface area contributed by atoms with E-state index < -0.39 is 0 Å². The number of aromatic nitrogens is 2. The Balaban J connectivity index is 0.00000264. The molecule has 0 aliphatic heterocycles. The van der Waals surface area contributed by atoms with E-state index in [1.807, 2.05) is 6.20 Å². The summed E-state index contributed by atoms with van der Waals surface area (Å²) in [6, 6.07) is 7.24. The van der Waals surface area contributed by atoms with Gasteiger partial charge in [-0.1, -0.05) is 44.9 Å². The van der Waals surface area contributed by atoms with Crippen LogP contribution in [0.15, 0.2) is 30.6 Å². The quantitative estimate of drug-likeness (QED) is 0.454. The summed E-state index contributed by atoms with van der Waals surface area (Å²) >= 11 is 0. The first-order valence-corrected chi connectivity index (χ1v) is 8.82. The molecule has 3 heteroatoms. The summed E-state index contributed by atoms with van der Waals surface area (Å²) in [6.07, 6.45) is 11.6. The standard InChI is InChI=1S/C20H30N2.Pt/c1-5-7-10-17-12-9-13-18(11-8-6-2)20(17)19-14-21-22(15-19)16(3)4;/h9,12-16H,5-8,10-11H2,1-4H3;. The van der Waals surface area contributed by atoms with Gasteiger partial charge in [0.1, 0.15) is 0 Å². The van der Waals surface area contributed by atoms with Crippen molar-refractivity contribution in [3.8, 4) is 11.1 Å². The molecular formula is C20H30N2Pt. The minimum atomic E-state index is 0. The van der Waals surface area contributed by atoms with Gasteiger partial charge >= 0.3 is 0 Å². The van der Waals surface area contributed by atoms with Gasteiger partial charge in [0.25, 0.3) is 0 Å². The monoisotopic (exact) mass is 493 g/mol. The third kappa shape index (κ3) is 5.31. The van der Waals surface area contributed by atoms with Crippen LogP contribution in [0.4, 0.5) is 0 Å². The maximum absolute atomic E-state index is 4.55. The zero-order valence-corrected chi connectivity index (χ0v) is 17.2. The Hall–Kier alpha value is -0.882. The third-order valence-electron chi connectivity index (χ3n) is 4.26. The molecule has 1 heterocycles. The van der Waals surface area contributed by atoms with Gasteiger partial charge in [0.2, 0.25) is 0 Å². The predicted octanol–water partition coefficient (Wildman–Crippen LogP) is 5.81. The molecule has 0 amide bonds. The molecule has 23 heavy (non-hydrogen) atoms. The number of rotatable bonds is 8. The molecule has 0 saturated heterocycles. The molecule has 2 rings (SSSR count). The van der Waals surface area contributed by atoms with Crippen molar-refractivity contribution in [3.63, 3.8) is 0 Å². The summed E-state index contributed by atoms with van der Waals surface area (Å²) in [5, 5.41) is 4.55. The molecule has 0 atom stereocenters. The second-order valence-corrected chi connectivity index (χ2v) is 6.46. The molecule has 0 aliphatic carbocycles. The van der Waals surface area contributed by atoms with Gasteiger partial charge in [-0.25, -0.2) is 0 Å². The van der Waals surface area contributed by atoms with Gasteiger partial charge in [-0.3, -0.25) is 4.68 Å². The Morgan fingerprint density at radius 3 is 2.00 bits per heavy atom. The smallest absolute Gasteiger partial charge is 0.0568 e. The molecule has 0 radical (unpaired) electrons. The van der Waals surface area contributed by atoms with Crippen molar-refractivity contribution in [3.05, 3.63) is 41.7 Å². The van der Waals surface area contributed by atoms with Gasteiger partial charge in [-0.2, -0.15) is 5.10 Å². The largest absolute Gasteiger partial charge is 0.270 e. The number of benzene rings is 1. The molecule has 1 aromatic heterocycles. The van der Waals surface area contributed by atoms with Crippen LogP contribution in [0, 0.1) is 0 Å². The number of hydrogen-bond acceptors (Lipinski definition) is 1. The molecule has 0 spiro atoms. The van der Waals surface area contributed by atoms with Crippen molar-refractivity contribution >= 4 is 0 Å². The molecular weight excluding hydrogens is 463 g/mol. The Morgan fingerprint density at radius 2 is 1.57 bits per heavy atom. The van der Waals surface area contributed by atoms with Gasteiger partial charge < -0.3 is 0 Å². The van der Waals surface area contributed by atoms with Gasteiger partial charge in [0.15, 0.2) is 0 Å². The van der Waals surface area contributed by atoms with Crippen LogP contribution in [0.3, 0.4) is 0 Å². The van der Waals surface area contributed by atoms with Crippen LogP contribution in [0.2, 0.25) is 0 Å². The summed E-state index contributed by atoms with van der Waals surface area (Å²) in [7, 11) is 0. The van der Waals surface area contributed by atoms with E-state index in [0.717, 1.165) is 0 Å². The van der Waals surface area contributed by atoms with Gasteiger partial charge in [-0.15, -0.1) is 0 Å². The van der Waals surface area contributed by atoms with Crippen molar-refractivity contribution in [2.24, 2.45) is 0 Å². The minimum absolute atomic E-state index is 0. The fourth-order valence-corrected chi connectivity index (χ4v) is 2.92. The van der Waals surface area contributed by atoms with Crippen LogP contribution in [0.5, 0.6) is 0 Å². The van der Waals surface area contributed by atoms with E-state index in [-0.39, 0.29) is 21.1 Å². The molecule has 2 nitrogen and oxygen atoms in total. The van der Waals surface area contributed by atoms with Gasteiger partial charge in [0.05, 0.1) is 6.20 Å². The number of unbranched alkanes of at least 4 members (excludes halogenated alkanes) is 2. The second-order valence-electron chi connectivity index (χ2n) is 6.46. The minimum Gasteiger partial charge on any atom is -0.270 e. The van der Waals surface area contributed by atoms with E-state index in [1.165, 1.54) is 60.8 Å². The van der Waals surface area contributed by atoms with Crippen LogP contribution in [0.25, 0.3) is 11.1 Å². The van der Waals surface area contributed by atoms with Crippen LogP contribution >= 0.6 is 0 Å². The van der Waals surface area contributed by atoms with E-state index >= 15 is 0 Å². The van der Waals surface area contributed by atoms with Crippen LogP contribution in [0.1, 0.15) is 70.5 Å². The second kappa shape index (κ2) is 10.1. The van der Waals surface area contributed by atoms with Crippen LogP contribution < -0.4 is 0 Å². The fraction of sp³-hybridized carbons (Fsp3) is 0.550. The van der Waals surface area contributed by atoms with Crippen molar-refractivity contribution in [1.82, 2.24) is 9.78 Å². The van der Waals surface area contributed by atoms with Gasteiger partial charge in [0, 0.05) is 38.9 Å². The number of hydrogen-bond donors (Lipinski definition) is 0. The fourth-order valence-electron chi connectivity index (χ4n) is 2.92. The van der Waals surface area contributed by atoms with Crippen molar-refractivity contribution in [2.75, 3.05) is 0 Å². The average Bonchev–Trinajstić information content (AvgIpc) is 3.00. The molecule has 1 aromatic carbocycles. The van der Waals surface area contributed by atoms with E-state index in [1.54, 1.807) is 0 Å². The van der Waals surface area contributed by atoms with Gasteiger partial charge in [-0.05, 0) is 56.2 Å². The first-order chi connectivity index (χ1) is 10.7. The first kappa shape index (κ1) is 20.2. The molecule has 0 saturated carbocycles. The van der Waals surface area contributed by atoms with Crippen molar-refractivity contribution in [2.45, 2.75) is 72.3 Å². The maximum Gasteiger partial charge on any atom is 0.0568 e. The molecule has 0 fully saturated rings. The zero-order chi connectivity index (χ0) is 15.9. The number of aryl methyl sites for hydroxylation is 2. The predicted molar refractivity (Wildman–Crippen MR) is 95.3 cm³/mol. The first-order valence-electron chi connectivity index (χ1n) is 8.82. The van der Waals surface area contributed by atoms with E-state index in [2.05, 4.69) is 61.9 Å². The molecule has 130 valence electrons. The summed E-state index contributed by atoms with van der Waals surface area (Å²) in [5.74, 6) is 0. The summed E-state index contributed by atoms with van der Waals surface area (Å²) in [6.45, 7) is 8.88. The van der Waals surface area contributed by atoms with Crippen molar-refractivity contribution < 1.29 is 21.1 Å². The number of nitrogens with zero attached hydrogens (tertiary/aromatic N) is 2. The third-order valence-corrected chi connectivity index (χ3v) is 4.26. The van der Waals surface area contributed by atoms with Crippen LogP contribution in [-0.4, -0.2) is 9.78 Å². The Bertz CT molecular complexity index is 561. The van der Waals surface area contributed by atoms with E-state index in [9.17, 15) is 0 Å². The average molecular weight is 494 g/mol. The maximum atomic E-state index is 4.55. The molecule has 0 N–H and O–H groups in total. The normalized spacial score (nSPS) is 10.8. The Labute approximate surface area is 155 Å². The SMILES string of the molecule is CCCCc1cccc(CCCC)c1-c1cnn(C(C)C)c1.[Pt]. The molecule has 2 aromatic rings. The Morgan fingerprint density at radius 1 is 1.00 bits per heavy atom.